The number of halogens is 1. The Kier molecular flexibility index (Phi) is 4.29. The molecule has 1 aliphatic rings. The predicted molar refractivity (Wildman–Crippen MR) is 74.5 cm³/mol. The van der Waals surface area contributed by atoms with Gasteiger partial charge in [0.15, 0.2) is 0 Å². The minimum absolute atomic E-state index is 0.0848. The fourth-order valence-electron chi connectivity index (χ4n) is 2.18. The molecule has 0 bridgehead atoms. The van der Waals surface area contributed by atoms with Crippen LogP contribution in [0.15, 0.2) is 12.3 Å². The van der Waals surface area contributed by atoms with Gasteiger partial charge in [0.05, 0.1) is 9.95 Å². The van der Waals surface area contributed by atoms with Crippen molar-refractivity contribution in [3.8, 4) is 0 Å². The van der Waals surface area contributed by atoms with Gasteiger partial charge in [-0.15, -0.1) is 0 Å². The molecule has 18 heavy (non-hydrogen) atoms. The van der Waals surface area contributed by atoms with E-state index in [1.165, 1.54) is 25.1 Å². The molecule has 0 aliphatic heterocycles. The molecule has 1 fully saturated rings. The highest BCUT2D eigenvalue weighted by molar-refractivity contribution is 7.99. The lowest BCUT2D eigenvalue weighted by Gasteiger charge is -2.20. The van der Waals surface area contributed by atoms with Crippen molar-refractivity contribution in [1.29, 1.82) is 0 Å². The van der Waals surface area contributed by atoms with Crippen molar-refractivity contribution in [3.63, 3.8) is 0 Å². The van der Waals surface area contributed by atoms with E-state index in [9.17, 15) is 10.1 Å². The van der Waals surface area contributed by atoms with Crippen LogP contribution in [0, 0.1) is 10.1 Å². The van der Waals surface area contributed by atoms with Gasteiger partial charge in [-0.1, -0.05) is 18.0 Å². The van der Waals surface area contributed by atoms with Crippen LogP contribution in [-0.4, -0.2) is 27.5 Å². The topological polar surface area (TPSA) is 68.1 Å². The highest BCUT2D eigenvalue weighted by Gasteiger charge is 2.27. The predicted octanol–water partition coefficient (Wildman–Crippen LogP) is 3.34. The molecule has 5 nitrogen and oxygen atoms in total. The molecular formula is C11H14ClN3O2S. The van der Waals surface area contributed by atoms with Crippen molar-refractivity contribution >= 4 is 34.9 Å². The minimum Gasteiger partial charge on any atom is -0.365 e. The Morgan fingerprint density at radius 1 is 1.61 bits per heavy atom. The van der Waals surface area contributed by atoms with Crippen molar-refractivity contribution < 1.29 is 4.92 Å². The van der Waals surface area contributed by atoms with E-state index in [4.69, 9.17) is 11.6 Å². The third-order valence-electron chi connectivity index (χ3n) is 3.11. The van der Waals surface area contributed by atoms with Crippen molar-refractivity contribution in [2.75, 3.05) is 11.6 Å². The maximum Gasteiger partial charge on any atom is 0.289 e. The van der Waals surface area contributed by atoms with Crippen molar-refractivity contribution in [2.24, 2.45) is 0 Å². The molecule has 1 heterocycles. The molecule has 0 radical (unpaired) electrons. The molecule has 2 rings (SSSR count). The van der Waals surface area contributed by atoms with Crippen LogP contribution >= 0.6 is 23.4 Å². The van der Waals surface area contributed by atoms with Crippen LogP contribution in [-0.2, 0) is 0 Å². The van der Waals surface area contributed by atoms with Crippen LogP contribution in [0.2, 0.25) is 5.02 Å². The lowest BCUT2D eigenvalue weighted by molar-refractivity contribution is -0.385. The van der Waals surface area contributed by atoms with Crippen LogP contribution in [0.1, 0.15) is 19.3 Å². The smallest absolute Gasteiger partial charge is 0.289 e. The average molecular weight is 288 g/mol. The third kappa shape index (κ3) is 2.87. The SMILES string of the molecule is CSC1CCCC1Nc1ncc([N+](=O)[O-])cc1Cl. The second kappa shape index (κ2) is 5.75. The van der Waals surface area contributed by atoms with Crippen LogP contribution in [0.4, 0.5) is 11.5 Å². The summed E-state index contributed by atoms with van der Waals surface area (Å²) in [4.78, 5) is 14.1. The van der Waals surface area contributed by atoms with Crippen LogP contribution in [0.25, 0.3) is 0 Å². The molecule has 1 aliphatic carbocycles. The first-order chi connectivity index (χ1) is 8.61. The molecule has 98 valence electrons. The zero-order valence-corrected chi connectivity index (χ0v) is 11.5. The summed E-state index contributed by atoms with van der Waals surface area (Å²) in [5.74, 6) is 0.535. The van der Waals surface area contributed by atoms with E-state index in [-0.39, 0.29) is 5.69 Å². The monoisotopic (exact) mass is 287 g/mol. The van der Waals surface area contributed by atoms with Gasteiger partial charge in [-0.25, -0.2) is 4.98 Å². The lowest BCUT2D eigenvalue weighted by atomic mass is 10.2. The number of nitrogens with zero attached hydrogens (tertiary/aromatic N) is 2. The minimum atomic E-state index is -0.497. The Balaban J connectivity index is 2.12. The van der Waals surface area contributed by atoms with Crippen molar-refractivity contribution in [1.82, 2.24) is 4.98 Å². The molecule has 7 heteroatoms. The number of anilines is 1. The molecular weight excluding hydrogens is 274 g/mol. The lowest BCUT2D eigenvalue weighted by Crippen LogP contribution is -2.26. The van der Waals surface area contributed by atoms with E-state index in [0.717, 1.165) is 6.42 Å². The first-order valence-electron chi connectivity index (χ1n) is 5.71. The Labute approximate surface area is 114 Å². The molecule has 2 atom stereocenters. The number of nitro groups is 1. The van der Waals surface area contributed by atoms with Gasteiger partial charge < -0.3 is 5.32 Å². The van der Waals surface area contributed by atoms with Gasteiger partial charge in [-0.3, -0.25) is 10.1 Å². The fraction of sp³-hybridized carbons (Fsp3) is 0.545. The highest BCUT2D eigenvalue weighted by Crippen LogP contribution is 2.32. The molecule has 0 amide bonds. The van der Waals surface area contributed by atoms with Crippen LogP contribution < -0.4 is 5.32 Å². The standard InChI is InChI=1S/C11H14ClN3O2S/c1-18-10-4-2-3-9(10)14-11-8(12)5-7(6-13-11)15(16)17/h5-6,9-10H,2-4H2,1H3,(H,13,14). The fourth-order valence-corrected chi connectivity index (χ4v) is 3.33. The normalized spacial score (nSPS) is 23.0. The summed E-state index contributed by atoms with van der Waals surface area (Å²) in [7, 11) is 0. The maximum absolute atomic E-state index is 10.6. The second-order valence-corrected chi connectivity index (χ2v) is 5.72. The third-order valence-corrected chi connectivity index (χ3v) is 4.57. The number of hydrogen-bond acceptors (Lipinski definition) is 5. The Hall–Kier alpha value is -1.01. The summed E-state index contributed by atoms with van der Waals surface area (Å²) in [5, 5.41) is 14.7. The summed E-state index contributed by atoms with van der Waals surface area (Å²) in [6, 6.07) is 1.67. The van der Waals surface area contributed by atoms with Gasteiger partial charge in [-0.2, -0.15) is 11.8 Å². The number of pyridine rings is 1. The molecule has 0 spiro atoms. The molecule has 1 aromatic rings. The average Bonchev–Trinajstić information content (AvgIpc) is 2.78. The molecule has 0 saturated heterocycles. The van der Waals surface area contributed by atoms with E-state index >= 15 is 0 Å². The van der Waals surface area contributed by atoms with Crippen molar-refractivity contribution in [3.05, 3.63) is 27.4 Å². The van der Waals surface area contributed by atoms with Crippen LogP contribution in [0.5, 0.6) is 0 Å². The van der Waals surface area contributed by atoms with E-state index in [2.05, 4.69) is 16.6 Å². The Bertz CT molecular complexity index is 458. The summed E-state index contributed by atoms with van der Waals surface area (Å²) in [6.07, 6.45) is 6.78. The first kappa shape index (κ1) is 13.4. The Morgan fingerprint density at radius 3 is 3.00 bits per heavy atom. The molecule has 1 N–H and O–H groups in total. The number of rotatable bonds is 4. The van der Waals surface area contributed by atoms with E-state index in [1.54, 1.807) is 0 Å². The molecule has 1 aromatic heterocycles. The van der Waals surface area contributed by atoms with Gasteiger partial charge in [-0.05, 0) is 19.1 Å². The molecule has 1 saturated carbocycles. The van der Waals surface area contributed by atoms with Crippen molar-refractivity contribution in [2.45, 2.75) is 30.6 Å². The summed E-state index contributed by atoms with van der Waals surface area (Å²) in [5.41, 5.74) is -0.0848. The molecule has 2 unspecified atom stereocenters. The number of aromatic nitrogens is 1. The van der Waals surface area contributed by atoms with Gasteiger partial charge in [0.1, 0.15) is 12.0 Å². The summed E-state index contributed by atoms with van der Waals surface area (Å²) >= 11 is 7.84. The van der Waals surface area contributed by atoms with Gasteiger partial charge in [0.25, 0.3) is 5.69 Å². The largest absolute Gasteiger partial charge is 0.365 e. The zero-order chi connectivity index (χ0) is 13.1. The second-order valence-electron chi connectivity index (χ2n) is 4.24. The maximum atomic E-state index is 10.6. The summed E-state index contributed by atoms with van der Waals surface area (Å²) < 4.78 is 0. The van der Waals surface area contributed by atoms with Gasteiger partial charge in [0.2, 0.25) is 0 Å². The van der Waals surface area contributed by atoms with E-state index in [0.29, 0.717) is 22.1 Å². The number of nitrogens with one attached hydrogen (secondary N) is 1. The Morgan fingerprint density at radius 2 is 2.39 bits per heavy atom. The number of hydrogen-bond donors (Lipinski definition) is 1. The number of thioether (sulfide) groups is 1. The first-order valence-corrected chi connectivity index (χ1v) is 7.37. The van der Waals surface area contributed by atoms with E-state index < -0.39 is 4.92 Å². The van der Waals surface area contributed by atoms with Gasteiger partial charge >= 0.3 is 0 Å². The quantitative estimate of drug-likeness (QED) is 0.679. The highest BCUT2D eigenvalue weighted by atomic mass is 35.5. The van der Waals surface area contributed by atoms with Crippen LogP contribution in [0.3, 0.4) is 0 Å². The summed E-state index contributed by atoms with van der Waals surface area (Å²) in [6.45, 7) is 0. The van der Waals surface area contributed by atoms with E-state index in [1.807, 2.05) is 11.8 Å². The molecule has 0 aromatic carbocycles. The zero-order valence-electron chi connectivity index (χ0n) is 9.93. The van der Waals surface area contributed by atoms with Gasteiger partial charge in [0, 0.05) is 17.4 Å².